The molecule has 0 aliphatic rings. The zero-order chi connectivity index (χ0) is 19.5. The molecule has 0 unspecified atom stereocenters. The van der Waals surface area contributed by atoms with E-state index in [9.17, 15) is 9.59 Å². The molecule has 4 nitrogen and oxygen atoms in total. The molecule has 0 saturated carbocycles. The van der Waals surface area contributed by atoms with Crippen LogP contribution in [0.25, 0.3) is 10.2 Å². The van der Waals surface area contributed by atoms with Gasteiger partial charge in [0.25, 0.3) is 5.91 Å². The van der Waals surface area contributed by atoms with Crippen LogP contribution in [0.15, 0.2) is 88.3 Å². The second-order valence-electron chi connectivity index (χ2n) is 6.15. The zero-order valence-electron chi connectivity index (χ0n) is 14.7. The van der Waals surface area contributed by atoms with Crippen LogP contribution < -0.4 is 4.80 Å². The van der Waals surface area contributed by atoms with Gasteiger partial charge in [0.2, 0.25) is 0 Å². The van der Waals surface area contributed by atoms with Crippen LogP contribution >= 0.6 is 27.3 Å². The van der Waals surface area contributed by atoms with Crippen LogP contribution in [-0.2, 0) is 6.54 Å². The first-order chi connectivity index (χ1) is 13.6. The molecule has 4 aromatic rings. The predicted molar refractivity (Wildman–Crippen MR) is 115 cm³/mol. The molecule has 0 fully saturated rings. The summed E-state index contributed by atoms with van der Waals surface area (Å²) in [6, 6.07) is 23.9. The number of ketones is 1. The molecule has 138 valence electrons. The molecule has 1 aromatic heterocycles. The third kappa shape index (κ3) is 3.88. The Hall–Kier alpha value is -2.83. The van der Waals surface area contributed by atoms with E-state index in [-0.39, 0.29) is 18.2 Å². The van der Waals surface area contributed by atoms with Crippen molar-refractivity contribution in [2.75, 3.05) is 0 Å². The van der Waals surface area contributed by atoms with E-state index in [4.69, 9.17) is 0 Å². The molecular formula is C22H15BrN2O2S. The van der Waals surface area contributed by atoms with Crippen LogP contribution in [0.5, 0.6) is 0 Å². The lowest BCUT2D eigenvalue weighted by atomic mass is 10.1. The van der Waals surface area contributed by atoms with E-state index in [0.29, 0.717) is 15.9 Å². The number of Topliss-reactive ketones (excluding diaryl/α,β-unsaturated/α-hetero) is 1. The molecule has 1 heterocycles. The van der Waals surface area contributed by atoms with Crippen LogP contribution in [-0.4, -0.2) is 16.3 Å². The summed E-state index contributed by atoms with van der Waals surface area (Å²) < 4.78 is 3.71. The number of carbonyl (C=O) groups is 2. The fourth-order valence-electron chi connectivity index (χ4n) is 2.86. The smallest absolute Gasteiger partial charge is 0.279 e. The van der Waals surface area contributed by atoms with Gasteiger partial charge in [0.15, 0.2) is 10.6 Å². The number of hydrogen-bond acceptors (Lipinski definition) is 3. The van der Waals surface area contributed by atoms with Crippen molar-refractivity contribution in [2.24, 2.45) is 4.99 Å². The first kappa shape index (κ1) is 18.5. The number of benzene rings is 3. The average molecular weight is 451 g/mol. The first-order valence-corrected chi connectivity index (χ1v) is 10.2. The second kappa shape index (κ2) is 8.04. The van der Waals surface area contributed by atoms with Crippen molar-refractivity contribution in [1.82, 2.24) is 4.57 Å². The second-order valence-corrected chi connectivity index (χ2v) is 8.08. The van der Waals surface area contributed by atoms with Gasteiger partial charge in [-0.15, -0.1) is 0 Å². The molecule has 3 aromatic carbocycles. The summed E-state index contributed by atoms with van der Waals surface area (Å²) in [4.78, 5) is 30.2. The maximum atomic E-state index is 12.8. The van der Waals surface area contributed by atoms with Gasteiger partial charge in [0, 0.05) is 15.6 Å². The molecular weight excluding hydrogens is 436 g/mol. The van der Waals surface area contributed by atoms with Gasteiger partial charge in [-0.25, -0.2) is 0 Å². The summed E-state index contributed by atoms with van der Waals surface area (Å²) in [5, 5.41) is 0. The molecule has 0 aliphatic carbocycles. The highest BCUT2D eigenvalue weighted by atomic mass is 79.9. The Bertz CT molecular complexity index is 1220. The Morgan fingerprint density at radius 3 is 2.29 bits per heavy atom. The summed E-state index contributed by atoms with van der Waals surface area (Å²) in [7, 11) is 0. The summed E-state index contributed by atoms with van der Waals surface area (Å²) in [6.45, 7) is 0.118. The van der Waals surface area contributed by atoms with Gasteiger partial charge in [0.05, 0.1) is 16.8 Å². The van der Waals surface area contributed by atoms with Gasteiger partial charge in [-0.05, 0) is 36.4 Å². The number of halogens is 1. The van der Waals surface area contributed by atoms with Gasteiger partial charge in [-0.1, -0.05) is 69.7 Å². The fraction of sp³-hybridized carbons (Fsp3) is 0.0455. The Labute approximate surface area is 173 Å². The number of aromatic nitrogens is 1. The van der Waals surface area contributed by atoms with Crippen molar-refractivity contribution in [2.45, 2.75) is 6.54 Å². The van der Waals surface area contributed by atoms with E-state index in [0.717, 1.165) is 14.7 Å². The third-order valence-electron chi connectivity index (χ3n) is 4.27. The Morgan fingerprint density at radius 1 is 0.857 bits per heavy atom. The molecule has 0 spiro atoms. The topological polar surface area (TPSA) is 51.4 Å². The Morgan fingerprint density at radius 2 is 1.54 bits per heavy atom. The molecule has 0 radical (unpaired) electrons. The van der Waals surface area contributed by atoms with Crippen molar-refractivity contribution >= 4 is 49.2 Å². The average Bonchev–Trinajstić information content (AvgIpc) is 3.06. The van der Waals surface area contributed by atoms with Crippen LogP contribution in [0.3, 0.4) is 0 Å². The molecule has 0 atom stereocenters. The van der Waals surface area contributed by atoms with Gasteiger partial charge >= 0.3 is 0 Å². The highest BCUT2D eigenvalue weighted by Crippen LogP contribution is 2.18. The maximum Gasteiger partial charge on any atom is 0.279 e. The number of para-hydroxylation sites is 1. The number of thiazole rings is 1. The van der Waals surface area contributed by atoms with Gasteiger partial charge in [-0.3, -0.25) is 9.59 Å². The predicted octanol–water partition coefficient (Wildman–Crippen LogP) is 5.09. The van der Waals surface area contributed by atoms with E-state index in [2.05, 4.69) is 20.9 Å². The highest BCUT2D eigenvalue weighted by Gasteiger charge is 2.13. The standard InChI is InChI=1S/C22H15BrN2O2S/c23-17-12-10-15(11-13-17)19(26)14-25-18-8-4-5-9-20(18)28-22(25)24-21(27)16-6-2-1-3-7-16/h1-13H,14H2. The SMILES string of the molecule is O=C(Cn1c(=NC(=O)c2ccccc2)sc2ccccc21)c1ccc(Br)cc1. The van der Waals surface area contributed by atoms with E-state index in [1.807, 2.05) is 47.0 Å². The minimum atomic E-state index is -0.322. The van der Waals surface area contributed by atoms with Crippen molar-refractivity contribution in [3.63, 3.8) is 0 Å². The Balaban J connectivity index is 1.77. The van der Waals surface area contributed by atoms with E-state index in [1.54, 1.807) is 36.4 Å². The number of fused-ring (bicyclic) bond motifs is 1. The highest BCUT2D eigenvalue weighted by molar-refractivity contribution is 9.10. The summed E-state index contributed by atoms with van der Waals surface area (Å²) >= 11 is 4.78. The minimum absolute atomic E-state index is 0.0373. The monoisotopic (exact) mass is 450 g/mol. The number of amides is 1. The molecule has 4 rings (SSSR count). The molecule has 0 bridgehead atoms. The minimum Gasteiger partial charge on any atom is -0.308 e. The lowest BCUT2D eigenvalue weighted by molar-refractivity contribution is 0.0964. The molecule has 0 aliphatic heterocycles. The summed E-state index contributed by atoms with van der Waals surface area (Å²) in [5.41, 5.74) is 2.02. The molecule has 0 N–H and O–H groups in total. The van der Waals surface area contributed by atoms with Crippen LogP contribution in [0.1, 0.15) is 20.7 Å². The van der Waals surface area contributed by atoms with Crippen molar-refractivity contribution < 1.29 is 9.59 Å². The van der Waals surface area contributed by atoms with Crippen LogP contribution in [0.4, 0.5) is 0 Å². The fourth-order valence-corrected chi connectivity index (χ4v) is 4.15. The lowest BCUT2D eigenvalue weighted by Gasteiger charge is -2.05. The van der Waals surface area contributed by atoms with E-state index in [1.165, 1.54) is 11.3 Å². The number of nitrogens with zero attached hydrogens (tertiary/aromatic N) is 2. The van der Waals surface area contributed by atoms with E-state index >= 15 is 0 Å². The molecule has 28 heavy (non-hydrogen) atoms. The zero-order valence-corrected chi connectivity index (χ0v) is 17.1. The van der Waals surface area contributed by atoms with Gasteiger partial charge in [-0.2, -0.15) is 4.99 Å². The number of hydrogen-bond donors (Lipinski definition) is 0. The Kier molecular flexibility index (Phi) is 5.32. The van der Waals surface area contributed by atoms with Crippen molar-refractivity contribution in [3.05, 3.63) is 99.3 Å². The maximum absolute atomic E-state index is 12.8. The van der Waals surface area contributed by atoms with Crippen LogP contribution in [0, 0.1) is 0 Å². The quantitative estimate of drug-likeness (QED) is 0.406. The largest absolute Gasteiger partial charge is 0.308 e. The lowest BCUT2D eigenvalue weighted by Crippen LogP contribution is -2.21. The van der Waals surface area contributed by atoms with Crippen molar-refractivity contribution in [1.29, 1.82) is 0 Å². The number of rotatable bonds is 4. The molecule has 1 amide bonds. The van der Waals surface area contributed by atoms with Gasteiger partial charge in [0.1, 0.15) is 0 Å². The van der Waals surface area contributed by atoms with Crippen LogP contribution in [0.2, 0.25) is 0 Å². The number of carbonyl (C=O) groups excluding carboxylic acids is 2. The van der Waals surface area contributed by atoms with Gasteiger partial charge < -0.3 is 4.57 Å². The third-order valence-corrected chi connectivity index (χ3v) is 5.86. The molecule has 6 heteroatoms. The summed E-state index contributed by atoms with van der Waals surface area (Å²) in [6.07, 6.45) is 0. The van der Waals surface area contributed by atoms with Crippen molar-refractivity contribution in [3.8, 4) is 0 Å². The summed E-state index contributed by atoms with van der Waals surface area (Å²) in [5.74, 6) is -0.360. The molecule has 0 saturated heterocycles. The first-order valence-electron chi connectivity index (χ1n) is 8.63. The normalized spacial score (nSPS) is 11.7. The van der Waals surface area contributed by atoms with E-state index < -0.39 is 0 Å².